The fourth-order valence-electron chi connectivity index (χ4n) is 3.16. The second kappa shape index (κ2) is 4.45. The summed E-state index contributed by atoms with van der Waals surface area (Å²) in [6.07, 6.45) is 3.49. The van der Waals surface area contributed by atoms with E-state index < -0.39 is 0 Å². The van der Waals surface area contributed by atoms with Crippen LogP contribution in [-0.2, 0) is 17.8 Å². The van der Waals surface area contributed by atoms with E-state index in [-0.39, 0.29) is 0 Å². The Kier molecular flexibility index (Phi) is 2.71. The summed E-state index contributed by atoms with van der Waals surface area (Å²) in [6.45, 7) is 5.82. The van der Waals surface area contributed by atoms with Crippen LogP contribution < -0.4 is 5.32 Å². The van der Waals surface area contributed by atoms with Crippen LogP contribution in [0.5, 0.6) is 0 Å². The molecule has 1 saturated carbocycles. The molecule has 4 rings (SSSR count). The Hall–Kier alpha value is -1.61. The first-order valence-corrected chi connectivity index (χ1v) is 7.49. The molecule has 0 amide bonds. The van der Waals surface area contributed by atoms with Crippen molar-refractivity contribution in [3.8, 4) is 0 Å². The number of fused-ring (bicyclic) bond motifs is 2. The molecule has 1 aliphatic heterocycles. The van der Waals surface area contributed by atoms with Crippen molar-refractivity contribution in [3.63, 3.8) is 0 Å². The molecule has 0 spiro atoms. The zero-order valence-electron chi connectivity index (χ0n) is 12.1. The highest BCUT2D eigenvalue weighted by Crippen LogP contribution is 2.37. The van der Waals surface area contributed by atoms with Crippen LogP contribution in [0.25, 0.3) is 10.9 Å². The summed E-state index contributed by atoms with van der Waals surface area (Å²) >= 11 is 0. The molecule has 0 bridgehead atoms. The summed E-state index contributed by atoms with van der Waals surface area (Å²) in [4.78, 5) is 4.91. The lowest BCUT2D eigenvalue weighted by Crippen LogP contribution is -2.16. The molecule has 104 valence electrons. The van der Waals surface area contributed by atoms with Gasteiger partial charge in [0.15, 0.2) is 0 Å². The summed E-state index contributed by atoms with van der Waals surface area (Å²) in [5, 5.41) is 5.01. The number of benzene rings is 1. The number of nitrogens with zero attached hydrogens (tertiary/aromatic N) is 1. The number of nitrogens with one attached hydrogen (secondary N) is 1. The Morgan fingerprint density at radius 1 is 1.25 bits per heavy atom. The van der Waals surface area contributed by atoms with E-state index in [1.54, 1.807) is 0 Å². The van der Waals surface area contributed by atoms with Gasteiger partial charge in [-0.3, -0.25) is 4.98 Å². The quantitative estimate of drug-likeness (QED) is 0.905. The summed E-state index contributed by atoms with van der Waals surface area (Å²) in [7, 11) is 0. The van der Waals surface area contributed by atoms with Gasteiger partial charge in [-0.05, 0) is 43.9 Å². The average molecular weight is 268 g/mol. The maximum atomic E-state index is 5.67. The van der Waals surface area contributed by atoms with Crippen molar-refractivity contribution < 1.29 is 4.74 Å². The van der Waals surface area contributed by atoms with E-state index in [9.17, 15) is 0 Å². The van der Waals surface area contributed by atoms with E-state index in [2.05, 4.69) is 31.3 Å². The summed E-state index contributed by atoms with van der Waals surface area (Å²) in [5.41, 5.74) is 7.51. The van der Waals surface area contributed by atoms with Crippen LogP contribution in [0.1, 0.15) is 35.2 Å². The van der Waals surface area contributed by atoms with Crippen LogP contribution in [0.3, 0.4) is 0 Å². The Balaban J connectivity index is 2.01. The van der Waals surface area contributed by atoms with Crippen molar-refractivity contribution in [1.82, 2.24) is 4.98 Å². The first-order chi connectivity index (χ1) is 9.72. The molecule has 0 saturated heterocycles. The highest BCUT2D eigenvalue weighted by Gasteiger charge is 2.26. The molecule has 20 heavy (non-hydrogen) atoms. The van der Waals surface area contributed by atoms with Crippen molar-refractivity contribution in [2.75, 3.05) is 11.9 Å². The van der Waals surface area contributed by atoms with Crippen molar-refractivity contribution in [2.45, 2.75) is 45.8 Å². The number of aryl methyl sites for hydroxylation is 2. The fraction of sp³-hybridized carbons (Fsp3) is 0.471. The Labute approximate surface area is 119 Å². The molecule has 1 aromatic carbocycles. The Morgan fingerprint density at radius 3 is 2.90 bits per heavy atom. The summed E-state index contributed by atoms with van der Waals surface area (Å²) in [6, 6.07) is 5.10. The van der Waals surface area contributed by atoms with Crippen LogP contribution >= 0.6 is 0 Å². The minimum atomic E-state index is 0.646. The third-order valence-corrected chi connectivity index (χ3v) is 4.27. The average Bonchev–Trinajstić information content (AvgIpc) is 3.21. The molecule has 3 heteroatoms. The number of rotatable bonds is 2. The predicted octanol–water partition coefficient (Wildman–Crippen LogP) is 3.50. The van der Waals surface area contributed by atoms with E-state index in [0.29, 0.717) is 12.6 Å². The maximum absolute atomic E-state index is 5.67. The smallest absolute Gasteiger partial charge is 0.0755 e. The van der Waals surface area contributed by atoms with Gasteiger partial charge in [0.2, 0.25) is 0 Å². The molecule has 1 aliphatic carbocycles. The largest absolute Gasteiger partial charge is 0.381 e. The van der Waals surface area contributed by atoms with Crippen molar-refractivity contribution in [3.05, 3.63) is 34.5 Å². The zero-order valence-corrected chi connectivity index (χ0v) is 12.1. The number of anilines is 1. The van der Waals surface area contributed by atoms with Crippen molar-refractivity contribution >= 4 is 16.6 Å². The summed E-state index contributed by atoms with van der Waals surface area (Å²) < 4.78 is 5.67. The normalized spacial score (nSPS) is 18.1. The zero-order chi connectivity index (χ0) is 13.7. The molecule has 0 radical (unpaired) electrons. The van der Waals surface area contributed by atoms with Crippen molar-refractivity contribution in [2.24, 2.45) is 0 Å². The predicted molar refractivity (Wildman–Crippen MR) is 81.2 cm³/mol. The number of ether oxygens (including phenoxy) is 1. The topological polar surface area (TPSA) is 34.2 Å². The van der Waals surface area contributed by atoms with Gasteiger partial charge in [0, 0.05) is 23.4 Å². The standard InChI is InChI=1S/C17H20N2O/c1-10-7-11(2)16-15(8-10)19-14-5-6-20-9-13(14)17(16)18-12-3-4-12/h7-8,12H,3-6,9H2,1-2H3,(H,18,19). The van der Waals surface area contributed by atoms with E-state index in [1.807, 2.05) is 0 Å². The number of hydrogen-bond acceptors (Lipinski definition) is 3. The van der Waals surface area contributed by atoms with Gasteiger partial charge in [-0.15, -0.1) is 0 Å². The third-order valence-electron chi connectivity index (χ3n) is 4.27. The van der Waals surface area contributed by atoms with Crippen LogP contribution in [-0.4, -0.2) is 17.6 Å². The second-order valence-electron chi connectivity index (χ2n) is 6.11. The molecule has 0 atom stereocenters. The highest BCUT2D eigenvalue weighted by atomic mass is 16.5. The summed E-state index contributed by atoms with van der Waals surface area (Å²) in [5.74, 6) is 0. The molecule has 1 aromatic heterocycles. The molecule has 1 N–H and O–H groups in total. The van der Waals surface area contributed by atoms with Crippen LogP contribution in [0.2, 0.25) is 0 Å². The van der Waals surface area contributed by atoms with Gasteiger partial charge in [0.25, 0.3) is 0 Å². The first-order valence-electron chi connectivity index (χ1n) is 7.49. The molecule has 0 unspecified atom stereocenters. The number of aromatic nitrogens is 1. The lowest BCUT2D eigenvalue weighted by Gasteiger charge is -2.23. The van der Waals surface area contributed by atoms with E-state index >= 15 is 0 Å². The lowest BCUT2D eigenvalue weighted by molar-refractivity contribution is 0.110. The van der Waals surface area contributed by atoms with Gasteiger partial charge >= 0.3 is 0 Å². The Morgan fingerprint density at radius 2 is 2.10 bits per heavy atom. The monoisotopic (exact) mass is 268 g/mol. The van der Waals surface area contributed by atoms with Crippen LogP contribution in [0.4, 0.5) is 5.69 Å². The van der Waals surface area contributed by atoms with Gasteiger partial charge in [-0.1, -0.05) is 6.07 Å². The molecular formula is C17H20N2O. The third kappa shape index (κ3) is 1.97. The molecule has 2 aliphatic rings. The van der Waals surface area contributed by atoms with E-state index in [4.69, 9.17) is 9.72 Å². The fourth-order valence-corrected chi connectivity index (χ4v) is 3.16. The van der Waals surface area contributed by atoms with Crippen LogP contribution in [0, 0.1) is 13.8 Å². The number of hydrogen-bond donors (Lipinski definition) is 1. The van der Waals surface area contributed by atoms with Gasteiger partial charge in [-0.25, -0.2) is 0 Å². The van der Waals surface area contributed by atoms with Crippen molar-refractivity contribution in [1.29, 1.82) is 0 Å². The van der Waals surface area contributed by atoms with Gasteiger partial charge in [0.1, 0.15) is 0 Å². The molecule has 3 nitrogen and oxygen atoms in total. The van der Waals surface area contributed by atoms with Gasteiger partial charge in [0.05, 0.1) is 30.1 Å². The lowest BCUT2D eigenvalue weighted by atomic mass is 9.98. The van der Waals surface area contributed by atoms with Crippen LogP contribution in [0.15, 0.2) is 12.1 Å². The number of pyridine rings is 1. The Bertz CT molecular complexity index is 689. The minimum Gasteiger partial charge on any atom is -0.381 e. The van der Waals surface area contributed by atoms with Gasteiger partial charge < -0.3 is 10.1 Å². The maximum Gasteiger partial charge on any atom is 0.0755 e. The molecular weight excluding hydrogens is 248 g/mol. The molecule has 1 fully saturated rings. The molecule has 2 aromatic rings. The van der Waals surface area contributed by atoms with Gasteiger partial charge in [-0.2, -0.15) is 0 Å². The van der Waals surface area contributed by atoms with E-state index in [1.165, 1.54) is 46.3 Å². The minimum absolute atomic E-state index is 0.646. The van der Waals surface area contributed by atoms with E-state index in [0.717, 1.165) is 18.5 Å². The second-order valence-corrected chi connectivity index (χ2v) is 6.11. The highest BCUT2D eigenvalue weighted by molar-refractivity contribution is 5.96. The SMILES string of the molecule is Cc1cc(C)c2c(NC3CC3)c3c(nc2c1)CCOC3. The molecule has 2 heterocycles. The first kappa shape index (κ1) is 12.2.